The minimum absolute atomic E-state index is 0.0598. The molecule has 19 heavy (non-hydrogen) atoms. The third kappa shape index (κ3) is 3.51. The molecule has 7 heteroatoms. The summed E-state index contributed by atoms with van der Waals surface area (Å²) in [6.45, 7) is -1.88. The van der Waals surface area contributed by atoms with Gasteiger partial charge in [0.05, 0.1) is 25.2 Å². The van der Waals surface area contributed by atoms with Gasteiger partial charge in [0.25, 0.3) is 0 Å². The Kier molecular flexibility index (Phi) is 4.16. The van der Waals surface area contributed by atoms with Crippen molar-refractivity contribution >= 4 is 5.69 Å². The third-order valence-electron chi connectivity index (χ3n) is 2.92. The monoisotopic (exact) mass is 277 g/mol. The van der Waals surface area contributed by atoms with Gasteiger partial charge in [-0.2, -0.15) is 8.78 Å². The van der Waals surface area contributed by atoms with Gasteiger partial charge in [0.15, 0.2) is 0 Å². The standard InChI is InChI=1S/C12H14F3NO3/c13-8-1-9(3-10(2-8)19-11(14)15)16-4-12(5-17)6-18-7-12/h1-3,11,16-17H,4-7H2. The number of aliphatic hydroxyl groups excluding tert-OH is 1. The topological polar surface area (TPSA) is 50.7 Å². The summed E-state index contributed by atoms with van der Waals surface area (Å²) in [5.74, 6) is -0.927. The Labute approximate surface area is 108 Å². The van der Waals surface area contributed by atoms with Gasteiger partial charge in [0, 0.05) is 24.4 Å². The summed E-state index contributed by atoms with van der Waals surface area (Å²) >= 11 is 0. The maximum atomic E-state index is 13.2. The van der Waals surface area contributed by atoms with Crippen LogP contribution in [0.15, 0.2) is 18.2 Å². The van der Waals surface area contributed by atoms with Crippen LogP contribution in [0.2, 0.25) is 0 Å². The molecule has 4 nitrogen and oxygen atoms in total. The second-order valence-electron chi connectivity index (χ2n) is 4.56. The fraction of sp³-hybridized carbons (Fsp3) is 0.500. The highest BCUT2D eigenvalue weighted by Gasteiger charge is 2.37. The maximum Gasteiger partial charge on any atom is 0.387 e. The van der Waals surface area contributed by atoms with Crippen LogP contribution in [0.25, 0.3) is 0 Å². The lowest BCUT2D eigenvalue weighted by Gasteiger charge is -2.40. The number of halogens is 3. The van der Waals surface area contributed by atoms with Crippen LogP contribution in [0.4, 0.5) is 18.9 Å². The number of nitrogens with one attached hydrogen (secondary N) is 1. The zero-order valence-corrected chi connectivity index (χ0v) is 10.0. The second-order valence-corrected chi connectivity index (χ2v) is 4.56. The fourth-order valence-electron chi connectivity index (χ4n) is 1.77. The largest absolute Gasteiger partial charge is 0.435 e. The number of alkyl halides is 2. The van der Waals surface area contributed by atoms with Gasteiger partial charge in [-0.05, 0) is 6.07 Å². The lowest BCUT2D eigenvalue weighted by molar-refractivity contribution is -0.128. The van der Waals surface area contributed by atoms with Gasteiger partial charge < -0.3 is 19.9 Å². The van der Waals surface area contributed by atoms with Crippen LogP contribution in [0.3, 0.4) is 0 Å². The average Bonchev–Trinajstić information content (AvgIpc) is 2.26. The van der Waals surface area contributed by atoms with Gasteiger partial charge in [-0.15, -0.1) is 0 Å². The van der Waals surface area contributed by atoms with Gasteiger partial charge in [0.2, 0.25) is 0 Å². The molecule has 0 radical (unpaired) electrons. The van der Waals surface area contributed by atoms with Crippen molar-refractivity contribution in [2.24, 2.45) is 5.41 Å². The highest BCUT2D eigenvalue weighted by Crippen LogP contribution is 2.28. The molecule has 1 aliphatic rings. The maximum absolute atomic E-state index is 13.2. The number of hydrogen-bond donors (Lipinski definition) is 2. The lowest BCUT2D eigenvalue weighted by atomic mass is 9.87. The van der Waals surface area contributed by atoms with E-state index >= 15 is 0 Å². The molecule has 1 saturated heterocycles. The number of rotatable bonds is 6. The van der Waals surface area contributed by atoms with Gasteiger partial charge >= 0.3 is 6.61 Å². The van der Waals surface area contributed by atoms with E-state index in [9.17, 15) is 18.3 Å². The zero-order valence-electron chi connectivity index (χ0n) is 10.0. The Morgan fingerprint density at radius 2 is 2.11 bits per heavy atom. The SMILES string of the molecule is OCC1(CNc2cc(F)cc(OC(F)F)c2)COC1. The molecule has 1 heterocycles. The van der Waals surface area contributed by atoms with Crippen LogP contribution in [-0.4, -0.2) is 38.1 Å². The first kappa shape index (κ1) is 14.0. The predicted octanol–water partition coefficient (Wildman–Crippen LogP) is 1.85. The molecule has 1 aromatic carbocycles. The van der Waals surface area contributed by atoms with Crippen LogP contribution in [0.1, 0.15) is 0 Å². The Hall–Kier alpha value is -1.47. The van der Waals surface area contributed by atoms with Crippen molar-refractivity contribution in [2.45, 2.75) is 6.61 Å². The van der Waals surface area contributed by atoms with E-state index in [0.717, 1.165) is 6.07 Å². The molecule has 0 amide bonds. The first-order valence-corrected chi connectivity index (χ1v) is 5.71. The predicted molar refractivity (Wildman–Crippen MR) is 61.9 cm³/mol. The number of aliphatic hydroxyl groups is 1. The van der Waals surface area contributed by atoms with Crippen LogP contribution in [0, 0.1) is 11.2 Å². The minimum Gasteiger partial charge on any atom is -0.435 e. The molecule has 0 aromatic heterocycles. The molecule has 0 saturated carbocycles. The van der Waals surface area contributed by atoms with E-state index in [2.05, 4.69) is 10.1 Å². The quantitative estimate of drug-likeness (QED) is 0.833. The van der Waals surface area contributed by atoms with E-state index in [4.69, 9.17) is 4.74 Å². The van der Waals surface area contributed by atoms with Crippen molar-refractivity contribution in [3.63, 3.8) is 0 Å². The summed E-state index contributed by atoms with van der Waals surface area (Å²) < 4.78 is 46.5. The van der Waals surface area contributed by atoms with Crippen molar-refractivity contribution < 1.29 is 27.8 Å². The van der Waals surface area contributed by atoms with Crippen molar-refractivity contribution in [3.05, 3.63) is 24.0 Å². The second kappa shape index (κ2) is 5.66. The highest BCUT2D eigenvalue weighted by atomic mass is 19.3. The minimum atomic E-state index is -3.00. The van der Waals surface area contributed by atoms with Crippen LogP contribution in [0.5, 0.6) is 5.75 Å². The number of ether oxygens (including phenoxy) is 2. The summed E-state index contributed by atoms with van der Waals surface area (Å²) in [5.41, 5.74) is -0.0776. The Morgan fingerprint density at radius 3 is 2.63 bits per heavy atom. The van der Waals surface area contributed by atoms with E-state index in [0.29, 0.717) is 25.4 Å². The highest BCUT2D eigenvalue weighted by molar-refractivity contribution is 5.49. The van der Waals surface area contributed by atoms with Crippen LogP contribution < -0.4 is 10.1 Å². The van der Waals surface area contributed by atoms with Crippen molar-refractivity contribution in [3.8, 4) is 5.75 Å². The number of benzene rings is 1. The Bertz CT molecular complexity index is 433. The van der Waals surface area contributed by atoms with Crippen molar-refractivity contribution in [1.29, 1.82) is 0 Å². The summed E-state index contributed by atoms with van der Waals surface area (Å²) in [7, 11) is 0. The van der Waals surface area contributed by atoms with Crippen molar-refractivity contribution in [2.75, 3.05) is 31.7 Å². The van der Waals surface area contributed by atoms with Crippen LogP contribution >= 0.6 is 0 Å². The molecule has 1 aliphatic heterocycles. The van der Waals surface area contributed by atoms with Gasteiger partial charge in [0.1, 0.15) is 11.6 Å². The van der Waals surface area contributed by atoms with E-state index in [1.165, 1.54) is 12.1 Å². The van der Waals surface area contributed by atoms with E-state index < -0.39 is 17.8 Å². The number of anilines is 1. The molecule has 0 unspecified atom stereocenters. The smallest absolute Gasteiger partial charge is 0.387 e. The molecule has 2 rings (SSSR count). The lowest BCUT2D eigenvalue weighted by Crippen LogP contribution is -2.50. The van der Waals surface area contributed by atoms with Gasteiger partial charge in [-0.3, -0.25) is 0 Å². The summed E-state index contributed by atoms with van der Waals surface area (Å²) in [4.78, 5) is 0. The van der Waals surface area contributed by atoms with E-state index in [1.54, 1.807) is 0 Å². The molecule has 1 aromatic rings. The summed E-state index contributed by atoms with van der Waals surface area (Å²) in [5, 5.41) is 12.1. The Balaban J connectivity index is 2.01. The molecular weight excluding hydrogens is 263 g/mol. The van der Waals surface area contributed by atoms with Crippen LogP contribution in [-0.2, 0) is 4.74 Å². The Morgan fingerprint density at radius 1 is 1.37 bits per heavy atom. The zero-order chi connectivity index (χ0) is 13.9. The molecule has 106 valence electrons. The van der Waals surface area contributed by atoms with Gasteiger partial charge in [-0.25, -0.2) is 4.39 Å². The molecule has 0 bridgehead atoms. The fourth-order valence-corrected chi connectivity index (χ4v) is 1.77. The van der Waals surface area contributed by atoms with Gasteiger partial charge in [-0.1, -0.05) is 0 Å². The average molecular weight is 277 g/mol. The molecule has 2 N–H and O–H groups in total. The normalized spacial score (nSPS) is 17.1. The molecule has 0 spiro atoms. The molecule has 0 atom stereocenters. The third-order valence-corrected chi connectivity index (χ3v) is 2.92. The summed E-state index contributed by atoms with van der Waals surface area (Å²) in [6.07, 6.45) is 0. The van der Waals surface area contributed by atoms with E-state index in [-0.39, 0.29) is 12.4 Å². The first-order valence-electron chi connectivity index (χ1n) is 5.71. The molecule has 0 aliphatic carbocycles. The molecule has 1 fully saturated rings. The van der Waals surface area contributed by atoms with E-state index in [1.807, 2.05) is 0 Å². The van der Waals surface area contributed by atoms with Crippen molar-refractivity contribution in [1.82, 2.24) is 0 Å². The first-order chi connectivity index (χ1) is 9.03. The number of hydrogen-bond acceptors (Lipinski definition) is 4. The summed E-state index contributed by atoms with van der Waals surface area (Å²) in [6, 6.07) is 3.33. The molecular formula is C12H14F3NO3.